The molecule has 32 heavy (non-hydrogen) atoms. The van der Waals surface area contributed by atoms with Gasteiger partial charge in [0.05, 0.1) is 17.7 Å². The number of aromatic amines is 1. The zero-order chi connectivity index (χ0) is 22.7. The second kappa shape index (κ2) is 9.40. The summed E-state index contributed by atoms with van der Waals surface area (Å²) in [6.45, 7) is 4.42. The lowest BCUT2D eigenvalue weighted by atomic mass is 10.0. The quantitative estimate of drug-likeness (QED) is 0.589. The summed E-state index contributed by atoms with van der Waals surface area (Å²) in [6, 6.07) is 9.07. The molecule has 0 spiro atoms. The van der Waals surface area contributed by atoms with Gasteiger partial charge in [-0.25, -0.2) is 13.4 Å². The van der Waals surface area contributed by atoms with Gasteiger partial charge >= 0.3 is 0 Å². The number of piperazine rings is 1. The minimum atomic E-state index is -3.51. The Bertz CT molecular complexity index is 1170. The van der Waals surface area contributed by atoms with E-state index in [9.17, 15) is 8.42 Å². The Hall–Kier alpha value is -2.75. The first-order valence-electron chi connectivity index (χ1n) is 10.7. The third-order valence-electron chi connectivity index (χ3n) is 5.83. The molecule has 3 aromatic rings. The van der Waals surface area contributed by atoms with Crippen molar-refractivity contribution in [2.45, 2.75) is 24.7 Å². The molecule has 1 aliphatic heterocycles. The summed E-state index contributed by atoms with van der Waals surface area (Å²) >= 11 is 0. The van der Waals surface area contributed by atoms with Crippen molar-refractivity contribution in [3.63, 3.8) is 0 Å². The zero-order valence-electron chi connectivity index (χ0n) is 18.7. The van der Waals surface area contributed by atoms with Crippen LogP contribution in [0.25, 0.3) is 11.3 Å². The van der Waals surface area contributed by atoms with Crippen LogP contribution in [0.15, 0.2) is 47.6 Å². The monoisotopic (exact) mass is 455 g/mol. The second-order valence-electron chi connectivity index (χ2n) is 8.10. The van der Waals surface area contributed by atoms with Crippen molar-refractivity contribution in [1.82, 2.24) is 24.2 Å². The average Bonchev–Trinajstić information content (AvgIpc) is 3.31. The Labute approximate surface area is 189 Å². The maximum Gasteiger partial charge on any atom is 0.243 e. The first-order valence-corrected chi connectivity index (χ1v) is 12.1. The van der Waals surface area contributed by atoms with Gasteiger partial charge in [-0.05, 0) is 38.1 Å². The molecule has 1 aliphatic rings. The van der Waals surface area contributed by atoms with E-state index in [2.05, 4.69) is 14.9 Å². The molecule has 1 aromatic carbocycles. The van der Waals surface area contributed by atoms with E-state index in [1.165, 1.54) is 0 Å². The number of hydrogen-bond acceptors (Lipinski definition) is 6. The molecule has 0 aliphatic carbocycles. The van der Waals surface area contributed by atoms with Crippen molar-refractivity contribution in [2.24, 2.45) is 0 Å². The summed E-state index contributed by atoms with van der Waals surface area (Å²) in [5, 5.41) is 0. The van der Waals surface area contributed by atoms with Gasteiger partial charge in [0.1, 0.15) is 11.6 Å². The molecule has 1 N–H and O–H groups in total. The van der Waals surface area contributed by atoms with Crippen LogP contribution in [0.5, 0.6) is 5.75 Å². The zero-order valence-corrected chi connectivity index (χ0v) is 19.5. The minimum absolute atomic E-state index is 0.323. The molecule has 0 amide bonds. The van der Waals surface area contributed by atoms with Gasteiger partial charge in [0.25, 0.3) is 0 Å². The SMILES string of the molecule is COc1cc(CCc2ncc[nH]2)nc(-c2ccc(S(=O)(=O)N3CCN(C)CC3)cc2C)c1. The van der Waals surface area contributed by atoms with Crippen LogP contribution in [0.2, 0.25) is 0 Å². The fraction of sp³-hybridized carbons (Fsp3) is 0.391. The smallest absolute Gasteiger partial charge is 0.243 e. The van der Waals surface area contributed by atoms with Crippen LogP contribution in [0.3, 0.4) is 0 Å². The van der Waals surface area contributed by atoms with Crippen LogP contribution in [0.4, 0.5) is 0 Å². The van der Waals surface area contributed by atoms with Crippen LogP contribution in [-0.4, -0.2) is 72.9 Å². The number of imidazole rings is 1. The van der Waals surface area contributed by atoms with Gasteiger partial charge in [0.2, 0.25) is 10.0 Å². The number of aryl methyl sites for hydroxylation is 3. The van der Waals surface area contributed by atoms with Crippen molar-refractivity contribution in [3.05, 3.63) is 59.8 Å². The lowest BCUT2D eigenvalue weighted by molar-refractivity contribution is 0.222. The van der Waals surface area contributed by atoms with Crippen molar-refractivity contribution in [2.75, 3.05) is 40.3 Å². The molecule has 1 saturated heterocycles. The van der Waals surface area contributed by atoms with E-state index in [0.29, 0.717) is 24.4 Å². The Morgan fingerprint density at radius 2 is 1.88 bits per heavy atom. The molecule has 0 saturated carbocycles. The second-order valence-corrected chi connectivity index (χ2v) is 10.0. The number of nitrogens with one attached hydrogen (secondary N) is 1. The van der Waals surface area contributed by atoms with Gasteiger partial charge in [-0.2, -0.15) is 4.31 Å². The molecule has 8 nitrogen and oxygen atoms in total. The molecule has 0 bridgehead atoms. The fourth-order valence-corrected chi connectivity index (χ4v) is 5.39. The molecule has 3 heterocycles. The van der Waals surface area contributed by atoms with Crippen molar-refractivity contribution in [1.29, 1.82) is 0 Å². The number of methoxy groups -OCH3 is 1. The normalized spacial score (nSPS) is 15.7. The first-order chi connectivity index (χ1) is 15.4. The van der Waals surface area contributed by atoms with E-state index in [0.717, 1.165) is 53.6 Å². The molecule has 0 radical (unpaired) electrons. The third-order valence-corrected chi connectivity index (χ3v) is 7.73. The highest BCUT2D eigenvalue weighted by atomic mass is 32.2. The molecule has 0 unspecified atom stereocenters. The molecule has 170 valence electrons. The lowest BCUT2D eigenvalue weighted by Gasteiger charge is -2.31. The van der Waals surface area contributed by atoms with Gasteiger partial charge in [-0.3, -0.25) is 4.98 Å². The van der Waals surface area contributed by atoms with Crippen LogP contribution in [-0.2, 0) is 22.9 Å². The number of nitrogens with zero attached hydrogens (tertiary/aromatic N) is 4. The van der Waals surface area contributed by atoms with E-state index < -0.39 is 10.0 Å². The largest absolute Gasteiger partial charge is 0.497 e. The minimum Gasteiger partial charge on any atom is -0.497 e. The van der Waals surface area contributed by atoms with E-state index in [4.69, 9.17) is 9.72 Å². The van der Waals surface area contributed by atoms with Crippen LogP contribution >= 0.6 is 0 Å². The molecule has 9 heteroatoms. The predicted molar refractivity (Wildman–Crippen MR) is 123 cm³/mol. The van der Waals surface area contributed by atoms with E-state index in [-0.39, 0.29) is 0 Å². The topological polar surface area (TPSA) is 91.4 Å². The molecular weight excluding hydrogens is 426 g/mol. The number of ether oxygens (including phenoxy) is 1. The van der Waals surface area contributed by atoms with Crippen molar-refractivity contribution >= 4 is 10.0 Å². The standard InChI is InChI=1S/C23H29N5O3S/c1-17-14-20(32(29,30)28-12-10-27(2)11-13-28)5-6-21(17)22-16-19(31-3)15-18(26-22)4-7-23-24-8-9-25-23/h5-6,8-9,14-16H,4,7,10-13H2,1-3H3,(H,24,25). The van der Waals surface area contributed by atoms with Gasteiger partial charge in [-0.1, -0.05) is 6.07 Å². The highest BCUT2D eigenvalue weighted by molar-refractivity contribution is 7.89. The molecule has 1 fully saturated rings. The van der Waals surface area contributed by atoms with Gasteiger partial charge in [0, 0.05) is 68.4 Å². The maximum atomic E-state index is 13.1. The average molecular weight is 456 g/mol. The first kappa shape index (κ1) is 22.4. The van der Waals surface area contributed by atoms with Crippen molar-refractivity contribution in [3.8, 4) is 17.0 Å². The van der Waals surface area contributed by atoms with E-state index in [1.54, 1.807) is 35.9 Å². The van der Waals surface area contributed by atoms with Gasteiger partial charge in [-0.15, -0.1) is 0 Å². The summed E-state index contributed by atoms with van der Waals surface area (Å²) in [5.74, 6) is 1.63. The summed E-state index contributed by atoms with van der Waals surface area (Å²) in [5.41, 5.74) is 3.41. The molecular formula is C23H29N5O3S. The predicted octanol–water partition coefficient (Wildman–Crippen LogP) is 2.51. The number of pyridine rings is 1. The number of likely N-dealkylation sites (N-methyl/N-ethyl adjacent to an activating group) is 1. The number of sulfonamides is 1. The number of H-pyrrole nitrogens is 1. The lowest BCUT2D eigenvalue weighted by Crippen LogP contribution is -2.47. The van der Waals surface area contributed by atoms with E-state index in [1.807, 2.05) is 32.2 Å². The van der Waals surface area contributed by atoms with Crippen molar-refractivity contribution < 1.29 is 13.2 Å². The highest BCUT2D eigenvalue weighted by Crippen LogP contribution is 2.29. The number of aromatic nitrogens is 3. The summed E-state index contributed by atoms with van der Waals surface area (Å²) in [7, 11) is 0.129. The van der Waals surface area contributed by atoms with Crippen LogP contribution < -0.4 is 4.74 Å². The molecule has 2 aromatic heterocycles. The Morgan fingerprint density at radius 1 is 1.09 bits per heavy atom. The summed E-state index contributed by atoms with van der Waals surface area (Å²) < 4.78 is 33.3. The number of hydrogen-bond donors (Lipinski definition) is 1. The van der Waals surface area contributed by atoms with Gasteiger partial charge in [0.15, 0.2) is 0 Å². The molecule has 4 rings (SSSR count). The van der Waals surface area contributed by atoms with Crippen LogP contribution in [0.1, 0.15) is 17.1 Å². The Morgan fingerprint density at radius 3 is 2.53 bits per heavy atom. The Balaban J connectivity index is 1.60. The summed E-state index contributed by atoms with van der Waals surface area (Å²) in [4.78, 5) is 14.6. The summed E-state index contributed by atoms with van der Waals surface area (Å²) in [6.07, 6.45) is 5.00. The Kier molecular flexibility index (Phi) is 6.59. The molecule has 0 atom stereocenters. The number of rotatable bonds is 7. The highest BCUT2D eigenvalue weighted by Gasteiger charge is 2.27. The van der Waals surface area contributed by atoms with Crippen LogP contribution in [0, 0.1) is 6.92 Å². The van der Waals surface area contributed by atoms with E-state index >= 15 is 0 Å². The third kappa shape index (κ3) is 4.85. The van der Waals surface area contributed by atoms with Gasteiger partial charge < -0.3 is 14.6 Å². The number of benzene rings is 1. The maximum absolute atomic E-state index is 13.1. The fourth-order valence-electron chi connectivity index (χ4n) is 3.89.